The van der Waals surface area contributed by atoms with E-state index in [-0.39, 0.29) is 11.9 Å². The van der Waals surface area contributed by atoms with Crippen molar-refractivity contribution in [3.8, 4) is 0 Å². The van der Waals surface area contributed by atoms with Crippen molar-refractivity contribution in [3.05, 3.63) is 53.7 Å². The number of fused-ring (bicyclic) bond motifs is 1. The molecular formula is C17H17N3O2. The first-order chi connectivity index (χ1) is 10.7. The Balaban J connectivity index is 1.67. The fraction of sp³-hybridized carbons (Fsp3) is 0.294. The molecule has 3 heterocycles. The number of hydrogen-bond donors (Lipinski definition) is 1. The molecule has 22 heavy (non-hydrogen) atoms. The van der Waals surface area contributed by atoms with Crippen LogP contribution in [0.25, 0.3) is 11.0 Å². The van der Waals surface area contributed by atoms with Gasteiger partial charge in [0.2, 0.25) is 0 Å². The van der Waals surface area contributed by atoms with Gasteiger partial charge in [-0.25, -0.2) is 4.98 Å². The lowest BCUT2D eigenvalue weighted by atomic mass is 10.2. The highest BCUT2D eigenvalue weighted by atomic mass is 16.3. The number of amides is 1. The van der Waals surface area contributed by atoms with E-state index >= 15 is 0 Å². The monoisotopic (exact) mass is 295 g/mol. The molecule has 3 aromatic rings. The Kier molecular flexibility index (Phi) is 2.99. The Morgan fingerprint density at radius 2 is 2.18 bits per heavy atom. The number of H-pyrrole nitrogens is 1. The van der Waals surface area contributed by atoms with Crippen molar-refractivity contribution in [3.63, 3.8) is 0 Å². The first-order valence-electron chi connectivity index (χ1n) is 7.54. The van der Waals surface area contributed by atoms with Gasteiger partial charge in [-0.15, -0.1) is 0 Å². The number of nitrogens with zero attached hydrogens (tertiary/aromatic N) is 2. The lowest BCUT2D eigenvalue weighted by Crippen LogP contribution is -2.30. The van der Waals surface area contributed by atoms with E-state index in [9.17, 15) is 4.79 Å². The molecule has 0 aliphatic carbocycles. The molecule has 1 aliphatic rings. The van der Waals surface area contributed by atoms with Crippen molar-refractivity contribution in [2.24, 2.45) is 0 Å². The van der Waals surface area contributed by atoms with Crippen LogP contribution in [0.15, 0.2) is 40.8 Å². The minimum Gasteiger partial charge on any atom is -0.456 e. The molecule has 1 N–H and O–H groups in total. The van der Waals surface area contributed by atoms with Crippen molar-refractivity contribution in [1.29, 1.82) is 0 Å². The van der Waals surface area contributed by atoms with E-state index in [0.717, 1.165) is 42.0 Å². The number of imidazole rings is 1. The minimum absolute atomic E-state index is 0.00898. The summed E-state index contributed by atoms with van der Waals surface area (Å²) in [6.07, 6.45) is 1.90. The van der Waals surface area contributed by atoms with Crippen molar-refractivity contribution in [2.45, 2.75) is 25.8 Å². The van der Waals surface area contributed by atoms with Gasteiger partial charge in [0.05, 0.1) is 17.1 Å². The van der Waals surface area contributed by atoms with Crippen molar-refractivity contribution >= 4 is 16.9 Å². The summed E-state index contributed by atoms with van der Waals surface area (Å²) in [7, 11) is 0. The van der Waals surface area contributed by atoms with E-state index in [1.807, 2.05) is 42.2 Å². The van der Waals surface area contributed by atoms with Crippen LogP contribution in [0.4, 0.5) is 0 Å². The summed E-state index contributed by atoms with van der Waals surface area (Å²) in [5.74, 6) is 1.95. The number of rotatable bonds is 2. The van der Waals surface area contributed by atoms with Crippen LogP contribution < -0.4 is 0 Å². The zero-order chi connectivity index (χ0) is 15.1. The van der Waals surface area contributed by atoms with Crippen molar-refractivity contribution in [2.75, 3.05) is 6.54 Å². The summed E-state index contributed by atoms with van der Waals surface area (Å²) in [4.78, 5) is 22.5. The van der Waals surface area contributed by atoms with Gasteiger partial charge < -0.3 is 14.3 Å². The molecule has 5 heteroatoms. The number of para-hydroxylation sites is 2. The summed E-state index contributed by atoms with van der Waals surface area (Å²) in [5.41, 5.74) is 1.94. The number of furan rings is 1. The molecule has 1 fully saturated rings. The zero-order valence-corrected chi connectivity index (χ0v) is 12.4. The van der Waals surface area contributed by atoms with E-state index in [0.29, 0.717) is 5.76 Å². The highest BCUT2D eigenvalue weighted by Gasteiger charge is 2.33. The third kappa shape index (κ3) is 2.09. The molecule has 112 valence electrons. The fourth-order valence-electron chi connectivity index (χ4n) is 3.12. The van der Waals surface area contributed by atoms with Gasteiger partial charge in [-0.3, -0.25) is 4.79 Å². The second-order valence-electron chi connectivity index (χ2n) is 5.71. The van der Waals surface area contributed by atoms with Crippen LogP contribution in [0.1, 0.15) is 41.0 Å². The van der Waals surface area contributed by atoms with Crippen molar-refractivity contribution in [1.82, 2.24) is 14.9 Å². The van der Waals surface area contributed by atoms with E-state index in [2.05, 4.69) is 9.97 Å². The van der Waals surface area contributed by atoms with Gasteiger partial charge >= 0.3 is 0 Å². The normalized spacial score (nSPS) is 18.2. The average molecular weight is 295 g/mol. The smallest absolute Gasteiger partial charge is 0.290 e. The molecule has 1 atom stereocenters. The maximum atomic E-state index is 12.6. The first kappa shape index (κ1) is 13.1. The van der Waals surface area contributed by atoms with Gasteiger partial charge in [-0.05, 0) is 44.0 Å². The molecule has 1 unspecified atom stereocenters. The Hall–Kier alpha value is -2.56. The first-order valence-corrected chi connectivity index (χ1v) is 7.54. The van der Waals surface area contributed by atoms with Gasteiger partial charge in [0, 0.05) is 6.54 Å². The second-order valence-corrected chi connectivity index (χ2v) is 5.71. The SMILES string of the molecule is Cc1ccc(C(=O)N2CCCC2c2nc3ccccc3[nH]2)o1. The van der Waals surface area contributed by atoms with Crippen LogP contribution in [0.3, 0.4) is 0 Å². The molecule has 5 nitrogen and oxygen atoms in total. The summed E-state index contributed by atoms with van der Waals surface area (Å²) in [5, 5.41) is 0. The highest BCUT2D eigenvalue weighted by molar-refractivity contribution is 5.92. The van der Waals surface area contributed by atoms with E-state index in [1.54, 1.807) is 6.07 Å². The number of aryl methyl sites for hydroxylation is 1. The van der Waals surface area contributed by atoms with Gasteiger partial charge in [0.25, 0.3) is 5.91 Å². The standard InChI is InChI=1S/C17H17N3O2/c1-11-8-9-15(22-11)17(21)20-10-4-7-14(20)16-18-12-5-2-3-6-13(12)19-16/h2-3,5-6,8-9,14H,4,7,10H2,1H3,(H,18,19). The molecule has 1 aliphatic heterocycles. The Labute approximate surface area is 127 Å². The summed E-state index contributed by atoms with van der Waals surface area (Å²) in [6, 6.07) is 11.5. The third-order valence-corrected chi connectivity index (χ3v) is 4.19. The van der Waals surface area contributed by atoms with Crippen LogP contribution in [0.2, 0.25) is 0 Å². The molecule has 2 aromatic heterocycles. The number of nitrogens with one attached hydrogen (secondary N) is 1. The molecule has 0 radical (unpaired) electrons. The number of hydrogen-bond acceptors (Lipinski definition) is 3. The van der Waals surface area contributed by atoms with Crippen LogP contribution in [-0.2, 0) is 0 Å². The Morgan fingerprint density at radius 3 is 2.95 bits per heavy atom. The molecular weight excluding hydrogens is 278 g/mol. The molecule has 1 amide bonds. The maximum absolute atomic E-state index is 12.6. The molecule has 1 saturated heterocycles. The van der Waals surface area contributed by atoms with Gasteiger partial charge in [-0.1, -0.05) is 12.1 Å². The number of likely N-dealkylation sites (tertiary alicyclic amines) is 1. The number of carbonyl (C=O) groups excluding carboxylic acids is 1. The van der Waals surface area contributed by atoms with Crippen LogP contribution in [0, 0.1) is 6.92 Å². The zero-order valence-electron chi connectivity index (χ0n) is 12.4. The number of aromatic nitrogens is 2. The van der Waals surface area contributed by atoms with Crippen molar-refractivity contribution < 1.29 is 9.21 Å². The van der Waals surface area contributed by atoms with E-state index < -0.39 is 0 Å². The van der Waals surface area contributed by atoms with E-state index in [1.165, 1.54) is 0 Å². The fourth-order valence-corrected chi connectivity index (χ4v) is 3.12. The predicted molar refractivity (Wildman–Crippen MR) is 82.6 cm³/mol. The molecule has 4 rings (SSSR count). The van der Waals surface area contributed by atoms with Gasteiger partial charge in [0.15, 0.2) is 5.76 Å². The molecule has 1 aromatic carbocycles. The minimum atomic E-state index is -0.0592. The summed E-state index contributed by atoms with van der Waals surface area (Å²) >= 11 is 0. The molecule has 0 spiro atoms. The number of aromatic amines is 1. The average Bonchev–Trinajstić information content (AvgIpc) is 3.24. The van der Waals surface area contributed by atoms with E-state index in [4.69, 9.17) is 4.42 Å². The largest absolute Gasteiger partial charge is 0.456 e. The highest BCUT2D eigenvalue weighted by Crippen LogP contribution is 2.32. The predicted octanol–water partition coefficient (Wildman–Crippen LogP) is 3.44. The lowest BCUT2D eigenvalue weighted by molar-refractivity contribution is 0.0697. The quantitative estimate of drug-likeness (QED) is 0.787. The lowest BCUT2D eigenvalue weighted by Gasteiger charge is -2.22. The van der Waals surface area contributed by atoms with Crippen LogP contribution >= 0.6 is 0 Å². The van der Waals surface area contributed by atoms with Crippen LogP contribution in [-0.4, -0.2) is 27.3 Å². The third-order valence-electron chi connectivity index (χ3n) is 4.19. The molecule has 0 bridgehead atoms. The van der Waals surface area contributed by atoms with Gasteiger partial charge in [0.1, 0.15) is 11.6 Å². The second kappa shape index (κ2) is 5.02. The maximum Gasteiger partial charge on any atom is 0.290 e. The van der Waals surface area contributed by atoms with Gasteiger partial charge in [-0.2, -0.15) is 0 Å². The number of carbonyl (C=O) groups is 1. The number of benzene rings is 1. The van der Waals surface area contributed by atoms with Crippen LogP contribution in [0.5, 0.6) is 0 Å². The summed E-state index contributed by atoms with van der Waals surface area (Å²) < 4.78 is 5.48. The molecule has 0 saturated carbocycles. The Bertz CT molecular complexity index is 800. The Morgan fingerprint density at radius 1 is 1.32 bits per heavy atom. The summed E-state index contributed by atoms with van der Waals surface area (Å²) in [6.45, 7) is 2.58. The topological polar surface area (TPSA) is 62.1 Å².